The Kier molecular flexibility index (Phi) is 4.76. The van der Waals surface area contributed by atoms with Gasteiger partial charge in [-0.05, 0) is 37.1 Å². The largest absolute Gasteiger partial charge is 0.313 e. The Morgan fingerprint density at radius 1 is 1.27 bits per heavy atom. The first-order valence-electron chi connectivity index (χ1n) is 5.61. The first-order valence-corrected chi connectivity index (χ1v) is 5.61. The van der Waals surface area contributed by atoms with Crippen molar-refractivity contribution in [3.63, 3.8) is 0 Å². The maximum Gasteiger partial charge on any atom is 0.123 e. The Morgan fingerprint density at radius 3 is 2.33 bits per heavy atom. The van der Waals surface area contributed by atoms with E-state index in [4.69, 9.17) is 0 Å². The molecule has 0 radical (unpaired) electrons. The molecule has 0 bridgehead atoms. The zero-order valence-electron chi connectivity index (χ0n) is 9.76. The minimum Gasteiger partial charge on any atom is -0.313 e. The van der Waals surface area contributed by atoms with Crippen molar-refractivity contribution in [3.8, 4) is 0 Å². The van der Waals surface area contributed by atoms with Gasteiger partial charge in [-0.2, -0.15) is 0 Å². The number of hydrogen-bond donors (Lipinski definition) is 1. The molecule has 0 saturated carbocycles. The molecule has 0 aromatic heterocycles. The number of nitrogens with one attached hydrogen (secondary N) is 1. The molecule has 2 unspecified atom stereocenters. The van der Waals surface area contributed by atoms with Crippen LogP contribution in [-0.4, -0.2) is 7.05 Å². The predicted octanol–water partition coefficient (Wildman–Crippen LogP) is 3.52. The highest BCUT2D eigenvalue weighted by atomic mass is 19.1. The van der Waals surface area contributed by atoms with Gasteiger partial charge in [-0.3, -0.25) is 0 Å². The molecule has 2 atom stereocenters. The van der Waals surface area contributed by atoms with Crippen LogP contribution in [0.25, 0.3) is 0 Å². The fourth-order valence-corrected chi connectivity index (χ4v) is 2.07. The molecule has 1 aromatic carbocycles. The summed E-state index contributed by atoms with van der Waals surface area (Å²) in [6.07, 6.45) is 2.36. The van der Waals surface area contributed by atoms with Crippen LogP contribution in [-0.2, 0) is 0 Å². The third-order valence-electron chi connectivity index (χ3n) is 2.85. The van der Waals surface area contributed by atoms with Gasteiger partial charge in [0.25, 0.3) is 0 Å². The van der Waals surface area contributed by atoms with Crippen molar-refractivity contribution in [3.05, 3.63) is 35.6 Å². The second-order valence-corrected chi connectivity index (χ2v) is 4.08. The Balaban J connectivity index is 2.77. The monoisotopic (exact) mass is 209 g/mol. The SMILES string of the molecule is CCCC(C)C(NC)c1ccc(F)cc1. The van der Waals surface area contributed by atoms with Gasteiger partial charge in [-0.1, -0.05) is 32.4 Å². The summed E-state index contributed by atoms with van der Waals surface area (Å²) in [4.78, 5) is 0. The van der Waals surface area contributed by atoms with E-state index in [0.29, 0.717) is 12.0 Å². The van der Waals surface area contributed by atoms with Crippen molar-refractivity contribution in [2.24, 2.45) is 5.92 Å². The highest BCUT2D eigenvalue weighted by molar-refractivity contribution is 5.20. The lowest BCUT2D eigenvalue weighted by Crippen LogP contribution is -2.23. The van der Waals surface area contributed by atoms with Gasteiger partial charge in [-0.25, -0.2) is 4.39 Å². The maximum atomic E-state index is 12.8. The van der Waals surface area contributed by atoms with Gasteiger partial charge in [-0.15, -0.1) is 0 Å². The molecule has 15 heavy (non-hydrogen) atoms. The minimum atomic E-state index is -0.170. The molecule has 0 aliphatic rings. The molecule has 0 amide bonds. The van der Waals surface area contributed by atoms with E-state index in [1.54, 1.807) is 0 Å². The number of halogens is 1. The van der Waals surface area contributed by atoms with Crippen LogP contribution in [0.5, 0.6) is 0 Å². The lowest BCUT2D eigenvalue weighted by Gasteiger charge is -2.23. The smallest absolute Gasteiger partial charge is 0.123 e. The van der Waals surface area contributed by atoms with Crippen LogP contribution in [0.2, 0.25) is 0 Å². The van der Waals surface area contributed by atoms with Crippen LogP contribution in [0.15, 0.2) is 24.3 Å². The average molecular weight is 209 g/mol. The summed E-state index contributed by atoms with van der Waals surface area (Å²) in [5, 5.41) is 3.30. The number of hydrogen-bond acceptors (Lipinski definition) is 1. The molecule has 0 fully saturated rings. The lowest BCUT2D eigenvalue weighted by molar-refractivity contribution is 0.383. The van der Waals surface area contributed by atoms with Crippen molar-refractivity contribution in [2.45, 2.75) is 32.7 Å². The molecule has 0 aliphatic heterocycles. The molecule has 1 aromatic rings. The van der Waals surface area contributed by atoms with Crippen molar-refractivity contribution in [1.82, 2.24) is 5.32 Å². The predicted molar refractivity (Wildman–Crippen MR) is 62.3 cm³/mol. The summed E-state index contributed by atoms with van der Waals surface area (Å²) < 4.78 is 12.8. The van der Waals surface area contributed by atoms with E-state index >= 15 is 0 Å². The Labute approximate surface area is 91.7 Å². The lowest BCUT2D eigenvalue weighted by atomic mass is 9.91. The van der Waals surface area contributed by atoms with Gasteiger partial charge in [0.05, 0.1) is 0 Å². The fraction of sp³-hybridized carbons (Fsp3) is 0.538. The summed E-state index contributed by atoms with van der Waals surface area (Å²) in [5.74, 6) is 0.405. The van der Waals surface area contributed by atoms with Gasteiger partial charge < -0.3 is 5.32 Å². The van der Waals surface area contributed by atoms with Crippen LogP contribution < -0.4 is 5.32 Å². The zero-order valence-corrected chi connectivity index (χ0v) is 9.76. The highest BCUT2D eigenvalue weighted by Gasteiger charge is 2.16. The standard InChI is InChI=1S/C13H20FN/c1-4-5-10(2)13(15-3)11-6-8-12(14)9-7-11/h6-10,13,15H,4-5H2,1-3H3. The quantitative estimate of drug-likeness (QED) is 0.782. The minimum absolute atomic E-state index is 0.170. The van der Waals surface area contributed by atoms with Crippen LogP contribution >= 0.6 is 0 Å². The van der Waals surface area contributed by atoms with E-state index in [9.17, 15) is 4.39 Å². The third kappa shape index (κ3) is 3.31. The van der Waals surface area contributed by atoms with E-state index in [1.807, 2.05) is 19.2 Å². The van der Waals surface area contributed by atoms with Gasteiger partial charge in [0.2, 0.25) is 0 Å². The molecule has 0 heterocycles. The van der Waals surface area contributed by atoms with E-state index in [-0.39, 0.29) is 5.82 Å². The second-order valence-electron chi connectivity index (χ2n) is 4.08. The molecule has 2 heteroatoms. The fourth-order valence-electron chi connectivity index (χ4n) is 2.07. The van der Waals surface area contributed by atoms with E-state index in [0.717, 1.165) is 0 Å². The highest BCUT2D eigenvalue weighted by Crippen LogP contribution is 2.25. The number of benzene rings is 1. The average Bonchev–Trinajstić information content (AvgIpc) is 2.22. The summed E-state index contributed by atoms with van der Waals surface area (Å²) >= 11 is 0. The maximum absolute atomic E-state index is 12.8. The third-order valence-corrected chi connectivity index (χ3v) is 2.85. The van der Waals surface area contributed by atoms with Gasteiger partial charge in [0.15, 0.2) is 0 Å². The molecule has 0 aliphatic carbocycles. The van der Waals surface area contributed by atoms with Crippen LogP contribution in [0, 0.1) is 11.7 Å². The van der Waals surface area contributed by atoms with Crippen LogP contribution in [0.3, 0.4) is 0 Å². The van der Waals surface area contributed by atoms with Gasteiger partial charge in [0.1, 0.15) is 5.82 Å². The summed E-state index contributed by atoms with van der Waals surface area (Å²) in [5.41, 5.74) is 1.17. The molecule has 1 N–H and O–H groups in total. The van der Waals surface area contributed by atoms with Crippen molar-refractivity contribution in [2.75, 3.05) is 7.05 Å². The molecule has 1 rings (SSSR count). The van der Waals surface area contributed by atoms with Crippen LogP contribution in [0.1, 0.15) is 38.3 Å². The van der Waals surface area contributed by atoms with Crippen LogP contribution in [0.4, 0.5) is 4.39 Å². The Morgan fingerprint density at radius 2 is 1.87 bits per heavy atom. The van der Waals surface area contributed by atoms with Crippen molar-refractivity contribution >= 4 is 0 Å². The van der Waals surface area contributed by atoms with E-state index in [2.05, 4.69) is 19.2 Å². The van der Waals surface area contributed by atoms with E-state index < -0.39 is 0 Å². The summed E-state index contributed by atoms with van der Waals surface area (Å²) in [6, 6.07) is 7.10. The summed E-state index contributed by atoms with van der Waals surface area (Å²) in [7, 11) is 1.96. The van der Waals surface area contributed by atoms with Gasteiger partial charge in [0, 0.05) is 6.04 Å². The second kappa shape index (κ2) is 5.86. The first kappa shape index (κ1) is 12.2. The Hall–Kier alpha value is -0.890. The zero-order chi connectivity index (χ0) is 11.3. The summed E-state index contributed by atoms with van der Waals surface area (Å²) in [6.45, 7) is 4.42. The topological polar surface area (TPSA) is 12.0 Å². The Bertz CT molecular complexity index is 281. The van der Waals surface area contributed by atoms with E-state index in [1.165, 1.54) is 30.5 Å². The van der Waals surface area contributed by atoms with Gasteiger partial charge >= 0.3 is 0 Å². The normalized spacial score (nSPS) is 14.9. The molecule has 84 valence electrons. The van der Waals surface area contributed by atoms with Crippen molar-refractivity contribution < 1.29 is 4.39 Å². The molecular formula is C13H20FN. The molecule has 0 spiro atoms. The first-order chi connectivity index (χ1) is 7.19. The molecular weight excluding hydrogens is 189 g/mol. The molecule has 1 nitrogen and oxygen atoms in total. The number of rotatable bonds is 5. The molecule has 0 saturated heterocycles. The van der Waals surface area contributed by atoms with Crippen molar-refractivity contribution in [1.29, 1.82) is 0 Å².